The van der Waals surface area contributed by atoms with Crippen LogP contribution in [0, 0.1) is 6.92 Å². The summed E-state index contributed by atoms with van der Waals surface area (Å²) in [5.41, 5.74) is 0. The second-order valence-electron chi connectivity index (χ2n) is 4.53. The SMILES string of the molecule is CNCc1sccc1S(=O)(=O)NC(C)c1ccc(C)o1. The third-order valence-electron chi connectivity index (χ3n) is 2.85. The average Bonchev–Trinajstić information content (AvgIpc) is 2.98. The molecule has 7 heteroatoms. The Balaban J connectivity index is 2.20. The molecule has 5 nitrogen and oxygen atoms in total. The van der Waals surface area contributed by atoms with Gasteiger partial charge in [0.15, 0.2) is 0 Å². The first kappa shape index (κ1) is 15.2. The maximum atomic E-state index is 12.4. The molecular formula is C13H18N2O3S2. The van der Waals surface area contributed by atoms with Gasteiger partial charge in [-0.05, 0) is 44.5 Å². The highest BCUT2D eigenvalue weighted by Gasteiger charge is 2.23. The van der Waals surface area contributed by atoms with Crippen LogP contribution < -0.4 is 10.0 Å². The Morgan fingerprint density at radius 1 is 1.35 bits per heavy atom. The number of furan rings is 1. The number of rotatable bonds is 6. The van der Waals surface area contributed by atoms with Gasteiger partial charge in [0.2, 0.25) is 10.0 Å². The highest BCUT2D eigenvalue weighted by atomic mass is 32.2. The summed E-state index contributed by atoms with van der Waals surface area (Å²) in [6.07, 6.45) is 0. The zero-order chi connectivity index (χ0) is 14.8. The lowest BCUT2D eigenvalue weighted by molar-refractivity contribution is 0.441. The van der Waals surface area contributed by atoms with E-state index in [1.807, 2.05) is 13.0 Å². The van der Waals surface area contributed by atoms with Crippen molar-refractivity contribution in [2.45, 2.75) is 31.3 Å². The Hall–Kier alpha value is -1.15. The van der Waals surface area contributed by atoms with Crippen LogP contribution in [0.2, 0.25) is 0 Å². The van der Waals surface area contributed by atoms with Crippen molar-refractivity contribution in [2.75, 3.05) is 7.05 Å². The number of hydrogen-bond acceptors (Lipinski definition) is 5. The maximum absolute atomic E-state index is 12.4. The molecule has 0 saturated carbocycles. The summed E-state index contributed by atoms with van der Waals surface area (Å²) in [6.45, 7) is 4.12. The standard InChI is InChI=1S/C13H18N2O3S2/c1-9-4-5-11(18-9)10(2)15-20(16,17)13-6-7-19-12(13)8-14-3/h4-7,10,14-15H,8H2,1-3H3. The molecule has 0 aliphatic carbocycles. The Kier molecular flexibility index (Phi) is 4.64. The molecule has 0 radical (unpaired) electrons. The van der Waals surface area contributed by atoms with Gasteiger partial charge in [-0.15, -0.1) is 11.3 Å². The van der Waals surface area contributed by atoms with Gasteiger partial charge in [-0.3, -0.25) is 0 Å². The molecule has 0 bridgehead atoms. The van der Waals surface area contributed by atoms with Crippen molar-refractivity contribution in [1.29, 1.82) is 0 Å². The predicted octanol–water partition coefficient (Wildman–Crippen LogP) is 2.41. The summed E-state index contributed by atoms with van der Waals surface area (Å²) < 4.78 is 32.9. The molecule has 0 aliphatic heterocycles. The smallest absolute Gasteiger partial charge is 0.242 e. The van der Waals surface area contributed by atoms with Crippen LogP contribution in [-0.2, 0) is 16.6 Å². The summed E-state index contributed by atoms with van der Waals surface area (Å²) in [5.74, 6) is 1.37. The van der Waals surface area contributed by atoms with Gasteiger partial charge in [-0.1, -0.05) is 0 Å². The third-order valence-corrected chi connectivity index (χ3v) is 5.53. The fourth-order valence-corrected chi connectivity index (χ4v) is 4.57. The third kappa shape index (κ3) is 3.29. The minimum atomic E-state index is -3.55. The topological polar surface area (TPSA) is 71.3 Å². The van der Waals surface area contributed by atoms with Gasteiger partial charge in [0.25, 0.3) is 0 Å². The van der Waals surface area contributed by atoms with E-state index in [-0.39, 0.29) is 0 Å². The monoisotopic (exact) mass is 314 g/mol. The van der Waals surface area contributed by atoms with Crippen molar-refractivity contribution in [3.05, 3.63) is 40.0 Å². The molecule has 110 valence electrons. The number of sulfonamides is 1. The van der Waals surface area contributed by atoms with E-state index in [1.54, 1.807) is 31.5 Å². The molecule has 1 atom stereocenters. The fraction of sp³-hybridized carbons (Fsp3) is 0.385. The zero-order valence-corrected chi connectivity index (χ0v) is 13.3. The van der Waals surface area contributed by atoms with E-state index in [0.717, 1.165) is 10.6 Å². The minimum absolute atomic E-state index is 0.326. The number of aryl methyl sites for hydroxylation is 1. The molecule has 2 rings (SSSR count). The van der Waals surface area contributed by atoms with Crippen LogP contribution in [0.1, 0.15) is 29.4 Å². The van der Waals surface area contributed by atoms with E-state index in [4.69, 9.17) is 4.42 Å². The van der Waals surface area contributed by atoms with Crippen LogP contribution in [-0.4, -0.2) is 15.5 Å². The molecule has 2 heterocycles. The van der Waals surface area contributed by atoms with E-state index in [1.165, 1.54) is 11.3 Å². The van der Waals surface area contributed by atoms with Gasteiger partial charge in [0.05, 0.1) is 10.9 Å². The highest BCUT2D eigenvalue weighted by Crippen LogP contribution is 2.24. The quantitative estimate of drug-likeness (QED) is 0.859. The molecule has 2 N–H and O–H groups in total. The van der Waals surface area contributed by atoms with Crippen LogP contribution in [0.4, 0.5) is 0 Å². The van der Waals surface area contributed by atoms with Crippen molar-refractivity contribution in [1.82, 2.24) is 10.0 Å². The Morgan fingerprint density at radius 3 is 2.70 bits per heavy atom. The number of hydrogen-bond donors (Lipinski definition) is 2. The molecule has 1 unspecified atom stereocenters. The van der Waals surface area contributed by atoms with Crippen molar-refractivity contribution >= 4 is 21.4 Å². The Bertz CT molecular complexity index is 673. The first-order valence-corrected chi connectivity index (χ1v) is 8.60. The second-order valence-corrected chi connectivity index (χ2v) is 7.21. The van der Waals surface area contributed by atoms with Crippen LogP contribution in [0.3, 0.4) is 0 Å². The zero-order valence-electron chi connectivity index (χ0n) is 11.6. The molecule has 20 heavy (non-hydrogen) atoms. The van der Waals surface area contributed by atoms with Gasteiger partial charge in [0, 0.05) is 11.4 Å². The van der Waals surface area contributed by atoms with Gasteiger partial charge in [0.1, 0.15) is 11.5 Å². The summed E-state index contributed by atoms with van der Waals surface area (Å²) in [7, 11) is -1.76. The lowest BCUT2D eigenvalue weighted by atomic mass is 10.3. The Morgan fingerprint density at radius 2 is 2.10 bits per heavy atom. The van der Waals surface area contributed by atoms with Crippen LogP contribution >= 0.6 is 11.3 Å². The van der Waals surface area contributed by atoms with Crippen molar-refractivity contribution < 1.29 is 12.8 Å². The molecule has 2 aromatic heterocycles. The molecule has 0 spiro atoms. The predicted molar refractivity (Wildman–Crippen MR) is 79.3 cm³/mol. The lowest BCUT2D eigenvalue weighted by Gasteiger charge is -2.12. The normalized spacial score (nSPS) is 13.6. The van der Waals surface area contributed by atoms with Gasteiger partial charge in [-0.2, -0.15) is 0 Å². The maximum Gasteiger partial charge on any atom is 0.242 e. The second kappa shape index (κ2) is 6.09. The summed E-state index contributed by atoms with van der Waals surface area (Å²) >= 11 is 1.42. The highest BCUT2D eigenvalue weighted by molar-refractivity contribution is 7.89. The van der Waals surface area contributed by atoms with Crippen molar-refractivity contribution in [3.63, 3.8) is 0 Å². The van der Waals surface area contributed by atoms with Gasteiger partial charge in [-0.25, -0.2) is 13.1 Å². The lowest BCUT2D eigenvalue weighted by Crippen LogP contribution is -2.27. The summed E-state index contributed by atoms with van der Waals surface area (Å²) in [6, 6.07) is 4.82. The van der Waals surface area contributed by atoms with E-state index in [0.29, 0.717) is 17.2 Å². The molecule has 0 saturated heterocycles. The first-order valence-electron chi connectivity index (χ1n) is 6.23. The van der Waals surface area contributed by atoms with Crippen LogP contribution in [0.25, 0.3) is 0 Å². The van der Waals surface area contributed by atoms with E-state index < -0.39 is 16.1 Å². The van der Waals surface area contributed by atoms with Crippen molar-refractivity contribution in [2.24, 2.45) is 0 Å². The molecule has 2 aromatic rings. The summed E-state index contributed by atoms with van der Waals surface area (Å²) in [4.78, 5) is 1.12. The molecule has 0 amide bonds. The molecule has 0 fully saturated rings. The number of thiophene rings is 1. The largest absolute Gasteiger partial charge is 0.465 e. The van der Waals surface area contributed by atoms with E-state index in [2.05, 4.69) is 10.0 Å². The minimum Gasteiger partial charge on any atom is -0.465 e. The first-order chi connectivity index (χ1) is 9.44. The van der Waals surface area contributed by atoms with Crippen molar-refractivity contribution in [3.8, 4) is 0 Å². The Labute approximate surface area is 123 Å². The van der Waals surface area contributed by atoms with Gasteiger partial charge >= 0.3 is 0 Å². The molecule has 0 aromatic carbocycles. The number of nitrogens with one attached hydrogen (secondary N) is 2. The van der Waals surface area contributed by atoms with E-state index >= 15 is 0 Å². The van der Waals surface area contributed by atoms with Crippen LogP contribution in [0.15, 0.2) is 32.9 Å². The summed E-state index contributed by atoms with van der Waals surface area (Å²) in [5, 5.41) is 4.75. The average molecular weight is 314 g/mol. The molecular weight excluding hydrogens is 296 g/mol. The van der Waals surface area contributed by atoms with Crippen LogP contribution in [0.5, 0.6) is 0 Å². The molecule has 0 aliphatic rings. The van der Waals surface area contributed by atoms with E-state index in [9.17, 15) is 8.42 Å². The van der Waals surface area contributed by atoms with Gasteiger partial charge < -0.3 is 9.73 Å². The fourth-order valence-electron chi connectivity index (χ4n) is 1.90.